The lowest BCUT2D eigenvalue weighted by molar-refractivity contribution is -0.122. The average molecular weight is 447 g/mol. The van der Waals surface area contributed by atoms with Crippen LogP contribution in [0.2, 0.25) is 0 Å². The highest BCUT2D eigenvalue weighted by atomic mass is 16.5. The number of amides is 2. The fourth-order valence-corrected chi connectivity index (χ4v) is 2.57. The maximum Gasteiger partial charge on any atom is 0.283 e. The highest BCUT2D eigenvalue weighted by Gasteiger charge is 2.10. The first kappa shape index (κ1) is 25.1. The maximum absolute atomic E-state index is 11.9. The summed E-state index contributed by atoms with van der Waals surface area (Å²) in [5, 5.41) is 14.9. The van der Waals surface area contributed by atoms with Crippen LogP contribution in [0.15, 0.2) is 53.3 Å². The topological polar surface area (TPSA) is 128 Å². The van der Waals surface area contributed by atoms with Gasteiger partial charge in [-0.25, -0.2) is 0 Å². The Balaban J connectivity index is 1.38. The number of nitrogens with one attached hydrogen (secondary N) is 2. The Morgan fingerprint density at radius 3 is 2.19 bits per heavy atom. The summed E-state index contributed by atoms with van der Waals surface area (Å²) in [5.41, 5.74) is 0.225. The molecule has 174 valence electrons. The number of carbonyl (C=O) groups is 2. The van der Waals surface area contributed by atoms with Gasteiger partial charge < -0.3 is 30.1 Å². The molecule has 2 rings (SSSR count). The number of ether oxygens (including phenoxy) is 3. The van der Waals surface area contributed by atoms with Gasteiger partial charge in [0.1, 0.15) is 5.69 Å². The number of hydrogen-bond donors (Lipinski definition) is 3. The summed E-state index contributed by atoms with van der Waals surface area (Å²) in [7, 11) is 0. The molecule has 0 saturated carbocycles. The van der Waals surface area contributed by atoms with E-state index in [1.54, 1.807) is 0 Å². The summed E-state index contributed by atoms with van der Waals surface area (Å²) in [6.07, 6.45) is 0.289. The fourth-order valence-electron chi connectivity index (χ4n) is 2.57. The minimum atomic E-state index is -0.679. The van der Waals surface area contributed by atoms with Crippen molar-refractivity contribution in [1.29, 1.82) is 0 Å². The molecule has 1 aromatic carbocycles. The minimum absolute atomic E-state index is 0.0650. The summed E-state index contributed by atoms with van der Waals surface area (Å²) < 4.78 is 16.4. The van der Waals surface area contributed by atoms with Gasteiger partial charge in [0.2, 0.25) is 5.91 Å². The van der Waals surface area contributed by atoms with Gasteiger partial charge in [0.05, 0.1) is 39.6 Å². The molecule has 0 aliphatic rings. The summed E-state index contributed by atoms with van der Waals surface area (Å²) in [5.74, 6) is -0.638. The van der Waals surface area contributed by atoms with E-state index in [1.807, 2.05) is 30.3 Å². The Morgan fingerprint density at radius 1 is 0.812 bits per heavy atom. The van der Waals surface area contributed by atoms with Crippen LogP contribution in [0.1, 0.15) is 22.5 Å². The monoisotopic (exact) mass is 447 g/mol. The van der Waals surface area contributed by atoms with E-state index in [0.717, 1.165) is 11.6 Å². The predicted molar refractivity (Wildman–Crippen MR) is 116 cm³/mol. The molecule has 0 fully saturated rings. The number of rotatable bonds is 15. The Labute approximate surface area is 186 Å². The first-order chi connectivity index (χ1) is 15.6. The van der Waals surface area contributed by atoms with Crippen molar-refractivity contribution in [1.82, 2.24) is 15.4 Å². The van der Waals surface area contributed by atoms with Gasteiger partial charge in [-0.1, -0.05) is 36.4 Å². The number of pyridine rings is 1. The molecule has 0 saturated heterocycles. The molecule has 2 aromatic rings. The molecule has 1 heterocycles. The average Bonchev–Trinajstić information content (AvgIpc) is 2.80. The van der Waals surface area contributed by atoms with Crippen molar-refractivity contribution < 1.29 is 29.0 Å². The third-order valence-electron chi connectivity index (χ3n) is 4.24. The zero-order valence-electron chi connectivity index (χ0n) is 17.8. The highest BCUT2D eigenvalue weighted by molar-refractivity contribution is 5.92. The summed E-state index contributed by atoms with van der Waals surface area (Å²) in [6, 6.07) is 13.6. The van der Waals surface area contributed by atoms with E-state index in [0.29, 0.717) is 44.3 Å². The van der Waals surface area contributed by atoms with E-state index < -0.39 is 11.5 Å². The normalized spacial score (nSPS) is 10.6. The third-order valence-corrected chi connectivity index (χ3v) is 4.24. The van der Waals surface area contributed by atoms with E-state index in [4.69, 9.17) is 14.2 Å². The number of benzene rings is 1. The van der Waals surface area contributed by atoms with Crippen molar-refractivity contribution in [2.24, 2.45) is 0 Å². The van der Waals surface area contributed by atoms with E-state index >= 15 is 0 Å². The minimum Gasteiger partial charge on any atom is -0.425 e. The molecular weight excluding hydrogens is 418 g/mol. The van der Waals surface area contributed by atoms with E-state index in [2.05, 4.69) is 10.6 Å². The second-order valence-corrected chi connectivity index (χ2v) is 6.67. The van der Waals surface area contributed by atoms with Crippen molar-refractivity contribution in [3.8, 4) is 0 Å². The van der Waals surface area contributed by atoms with Crippen LogP contribution in [0.25, 0.3) is 0 Å². The summed E-state index contributed by atoms with van der Waals surface area (Å²) in [6.45, 7) is 2.77. The smallest absolute Gasteiger partial charge is 0.283 e. The van der Waals surface area contributed by atoms with Crippen LogP contribution in [-0.2, 0) is 25.5 Å². The van der Waals surface area contributed by atoms with Crippen LogP contribution in [-0.4, -0.2) is 67.9 Å². The lowest BCUT2D eigenvalue weighted by Crippen LogP contribution is -2.33. The van der Waals surface area contributed by atoms with Gasteiger partial charge in [-0.05, 0) is 11.6 Å². The molecule has 3 N–H and O–H groups in total. The number of nitrogens with zero attached hydrogens (tertiary/aromatic N) is 1. The van der Waals surface area contributed by atoms with E-state index in [9.17, 15) is 19.6 Å². The van der Waals surface area contributed by atoms with E-state index in [-0.39, 0.29) is 31.2 Å². The quantitative estimate of drug-likeness (QED) is 0.269. The van der Waals surface area contributed by atoms with Crippen LogP contribution >= 0.6 is 0 Å². The molecule has 0 unspecified atom stereocenters. The second kappa shape index (κ2) is 14.7. The number of hydrogen-bond acceptors (Lipinski definition) is 7. The number of carbonyl (C=O) groups excluding carboxylic acids is 2. The van der Waals surface area contributed by atoms with Gasteiger partial charge in [0.15, 0.2) is 0 Å². The molecule has 2 amide bonds. The van der Waals surface area contributed by atoms with Crippen LogP contribution < -0.4 is 16.2 Å². The number of aromatic nitrogens is 1. The fraction of sp³-hybridized carbons (Fsp3) is 0.409. The maximum atomic E-state index is 11.9. The lowest BCUT2D eigenvalue weighted by Gasteiger charge is -2.09. The molecular formula is C22H29N3O7. The Hall–Kier alpha value is -3.21. The second-order valence-electron chi connectivity index (χ2n) is 6.67. The highest BCUT2D eigenvalue weighted by Crippen LogP contribution is 1.97. The molecule has 10 heteroatoms. The standard InChI is InChI=1S/C22H29N3O7/c26-20(24-17-18-5-2-1-3-6-18)9-11-30-13-15-32-16-14-31-12-10-23-22(28)19-7-4-8-21(27)25(19)29/h1-8,29H,9-17H2,(H,23,28)(H,24,26). The van der Waals surface area contributed by atoms with Crippen LogP contribution in [0.5, 0.6) is 0 Å². The zero-order valence-corrected chi connectivity index (χ0v) is 17.8. The van der Waals surface area contributed by atoms with Crippen LogP contribution in [0.4, 0.5) is 0 Å². The predicted octanol–water partition coefficient (Wildman–Crippen LogP) is 0.572. The lowest BCUT2D eigenvalue weighted by atomic mass is 10.2. The van der Waals surface area contributed by atoms with Gasteiger partial charge in [-0.2, -0.15) is 0 Å². The summed E-state index contributed by atoms with van der Waals surface area (Å²) in [4.78, 5) is 34.9. The SMILES string of the molecule is O=C(CCOCCOCCOCCNC(=O)c1cccc(=O)n1O)NCc1ccccc1. The molecule has 0 atom stereocenters. The molecule has 0 bridgehead atoms. The molecule has 0 aliphatic carbocycles. The molecule has 1 aromatic heterocycles. The third kappa shape index (κ3) is 9.73. The van der Waals surface area contributed by atoms with Gasteiger partial charge in [0, 0.05) is 25.6 Å². The zero-order chi connectivity index (χ0) is 23.0. The Kier molecular flexibility index (Phi) is 11.5. The molecule has 0 spiro atoms. The molecule has 32 heavy (non-hydrogen) atoms. The van der Waals surface area contributed by atoms with Gasteiger partial charge in [-0.15, -0.1) is 4.73 Å². The van der Waals surface area contributed by atoms with Crippen molar-refractivity contribution in [2.45, 2.75) is 13.0 Å². The van der Waals surface area contributed by atoms with Crippen molar-refractivity contribution in [3.05, 3.63) is 70.1 Å². The Bertz CT molecular complexity index is 887. The first-order valence-electron chi connectivity index (χ1n) is 10.3. The van der Waals surface area contributed by atoms with Gasteiger partial charge >= 0.3 is 0 Å². The van der Waals surface area contributed by atoms with Gasteiger partial charge in [0.25, 0.3) is 11.5 Å². The van der Waals surface area contributed by atoms with Gasteiger partial charge in [-0.3, -0.25) is 14.4 Å². The first-order valence-corrected chi connectivity index (χ1v) is 10.3. The molecule has 0 radical (unpaired) electrons. The molecule has 10 nitrogen and oxygen atoms in total. The van der Waals surface area contributed by atoms with Crippen LogP contribution in [0.3, 0.4) is 0 Å². The van der Waals surface area contributed by atoms with Crippen molar-refractivity contribution in [2.75, 3.05) is 46.2 Å². The molecule has 0 aliphatic heterocycles. The van der Waals surface area contributed by atoms with Crippen molar-refractivity contribution >= 4 is 11.8 Å². The Morgan fingerprint density at radius 2 is 1.47 bits per heavy atom. The largest absolute Gasteiger partial charge is 0.425 e. The van der Waals surface area contributed by atoms with Crippen LogP contribution in [0, 0.1) is 0 Å². The van der Waals surface area contributed by atoms with Crippen molar-refractivity contribution in [3.63, 3.8) is 0 Å². The summed E-state index contributed by atoms with van der Waals surface area (Å²) >= 11 is 0. The van der Waals surface area contributed by atoms with E-state index in [1.165, 1.54) is 12.1 Å².